The van der Waals surface area contributed by atoms with Crippen molar-refractivity contribution in [2.24, 2.45) is 0 Å². The van der Waals surface area contributed by atoms with E-state index in [1.807, 2.05) is 6.92 Å². The minimum absolute atomic E-state index is 0.00125. The summed E-state index contributed by atoms with van der Waals surface area (Å²) in [5.41, 5.74) is 0.673. The Morgan fingerprint density at radius 3 is 2.85 bits per heavy atom. The fourth-order valence-electron chi connectivity index (χ4n) is 1.49. The lowest BCUT2D eigenvalue weighted by Crippen LogP contribution is -2.16. The van der Waals surface area contributed by atoms with E-state index in [-0.39, 0.29) is 24.7 Å². The van der Waals surface area contributed by atoms with Gasteiger partial charge in [0.1, 0.15) is 12.4 Å². The third-order valence-corrected chi connectivity index (χ3v) is 4.18. The molecular formula is C14H19NO4S. The number of ether oxygens (including phenoxy) is 1. The summed E-state index contributed by atoms with van der Waals surface area (Å²) >= 11 is 0. The van der Waals surface area contributed by atoms with Crippen molar-refractivity contribution in [2.75, 3.05) is 24.7 Å². The molecule has 0 aliphatic rings. The Hall–Kier alpha value is -1.58. The Morgan fingerprint density at radius 2 is 2.15 bits per heavy atom. The highest BCUT2D eigenvalue weighted by atomic mass is 32.2. The SMILES string of the molecule is CCCS(=O)(=O)CCOc1cncc(C#CCCO)c1. The quantitative estimate of drug-likeness (QED) is 0.760. The lowest BCUT2D eigenvalue weighted by Gasteiger charge is -2.06. The largest absolute Gasteiger partial charge is 0.491 e. The van der Waals surface area contributed by atoms with E-state index in [0.717, 1.165) is 0 Å². The van der Waals surface area contributed by atoms with E-state index in [2.05, 4.69) is 16.8 Å². The Kier molecular flexibility index (Phi) is 7.05. The van der Waals surface area contributed by atoms with Crippen molar-refractivity contribution in [1.29, 1.82) is 0 Å². The number of sulfone groups is 1. The maximum atomic E-state index is 11.5. The average Bonchev–Trinajstić information content (AvgIpc) is 2.39. The molecule has 20 heavy (non-hydrogen) atoms. The van der Waals surface area contributed by atoms with E-state index >= 15 is 0 Å². The summed E-state index contributed by atoms with van der Waals surface area (Å²) in [7, 11) is -3.03. The Morgan fingerprint density at radius 1 is 1.35 bits per heavy atom. The van der Waals surface area contributed by atoms with Crippen LogP contribution in [0.3, 0.4) is 0 Å². The van der Waals surface area contributed by atoms with Gasteiger partial charge in [0, 0.05) is 18.2 Å². The fourth-order valence-corrected chi connectivity index (χ4v) is 2.65. The van der Waals surface area contributed by atoms with E-state index in [4.69, 9.17) is 9.84 Å². The van der Waals surface area contributed by atoms with Gasteiger partial charge in [0.05, 0.1) is 24.3 Å². The second-order valence-electron chi connectivity index (χ2n) is 4.18. The first-order chi connectivity index (χ1) is 9.57. The summed E-state index contributed by atoms with van der Waals surface area (Å²) in [5.74, 6) is 6.30. The van der Waals surface area contributed by atoms with Crippen LogP contribution >= 0.6 is 0 Å². The van der Waals surface area contributed by atoms with Gasteiger partial charge in [0.15, 0.2) is 9.84 Å². The molecule has 6 heteroatoms. The summed E-state index contributed by atoms with van der Waals surface area (Å²) in [6, 6.07) is 1.70. The molecule has 0 aliphatic carbocycles. The first kappa shape index (κ1) is 16.5. The standard InChI is InChI=1S/C14H19NO4S/c1-2-8-20(17,18)9-7-19-14-10-13(11-15-12-14)5-3-4-6-16/h10-12,16H,2,4,6-9H2,1H3. The second kappa shape index (κ2) is 8.56. The fraction of sp³-hybridized carbons (Fsp3) is 0.500. The Labute approximate surface area is 119 Å². The van der Waals surface area contributed by atoms with Crippen LogP contribution in [0.5, 0.6) is 5.75 Å². The van der Waals surface area contributed by atoms with Gasteiger partial charge in [-0.15, -0.1) is 0 Å². The molecule has 0 saturated carbocycles. The molecule has 1 heterocycles. The average molecular weight is 297 g/mol. The van der Waals surface area contributed by atoms with Crippen molar-refractivity contribution < 1.29 is 18.3 Å². The summed E-state index contributed by atoms with van der Waals surface area (Å²) in [5, 5.41) is 8.64. The van der Waals surface area contributed by atoms with E-state index < -0.39 is 9.84 Å². The van der Waals surface area contributed by atoms with Gasteiger partial charge in [0.2, 0.25) is 0 Å². The molecule has 1 rings (SSSR count). The molecule has 0 spiro atoms. The van der Waals surface area contributed by atoms with Crippen LogP contribution in [0.15, 0.2) is 18.5 Å². The Balaban J connectivity index is 2.53. The number of rotatable bonds is 7. The molecule has 0 saturated heterocycles. The maximum absolute atomic E-state index is 11.5. The van der Waals surface area contributed by atoms with Gasteiger partial charge in [-0.05, 0) is 12.5 Å². The molecule has 0 atom stereocenters. The van der Waals surface area contributed by atoms with Crippen LogP contribution in [-0.4, -0.2) is 43.2 Å². The lowest BCUT2D eigenvalue weighted by atomic mass is 10.2. The maximum Gasteiger partial charge on any atom is 0.153 e. The number of aliphatic hydroxyl groups is 1. The second-order valence-corrected chi connectivity index (χ2v) is 6.49. The molecule has 0 radical (unpaired) electrons. The number of nitrogens with zero attached hydrogens (tertiary/aromatic N) is 1. The molecule has 1 aromatic rings. The minimum atomic E-state index is -3.03. The number of aliphatic hydroxyl groups excluding tert-OH is 1. The molecule has 0 amide bonds. The predicted octanol–water partition coefficient (Wildman–Crippen LogP) is 1.02. The van der Waals surface area contributed by atoms with Gasteiger partial charge in [-0.3, -0.25) is 4.98 Å². The zero-order valence-corrected chi connectivity index (χ0v) is 12.3. The van der Waals surface area contributed by atoms with Crippen molar-refractivity contribution in [1.82, 2.24) is 4.98 Å². The third-order valence-electron chi connectivity index (χ3n) is 2.36. The molecule has 0 aromatic carbocycles. The van der Waals surface area contributed by atoms with Crippen molar-refractivity contribution in [3.8, 4) is 17.6 Å². The Bertz CT molecular complexity index is 572. The van der Waals surface area contributed by atoms with Crippen LogP contribution in [0.4, 0.5) is 0 Å². The first-order valence-corrected chi connectivity index (χ1v) is 8.27. The number of aromatic nitrogens is 1. The number of hydrogen-bond donors (Lipinski definition) is 1. The van der Waals surface area contributed by atoms with Crippen LogP contribution < -0.4 is 4.74 Å². The van der Waals surface area contributed by atoms with Gasteiger partial charge in [0.25, 0.3) is 0 Å². The van der Waals surface area contributed by atoms with Crippen LogP contribution in [0, 0.1) is 11.8 Å². The number of pyridine rings is 1. The highest BCUT2D eigenvalue weighted by molar-refractivity contribution is 7.91. The third kappa shape index (κ3) is 6.55. The van der Waals surface area contributed by atoms with Crippen LogP contribution in [0.2, 0.25) is 0 Å². The molecule has 0 fully saturated rings. The van der Waals surface area contributed by atoms with Crippen molar-refractivity contribution >= 4 is 9.84 Å². The lowest BCUT2D eigenvalue weighted by molar-refractivity contribution is 0.305. The van der Waals surface area contributed by atoms with Crippen LogP contribution in [0.1, 0.15) is 25.3 Å². The van der Waals surface area contributed by atoms with Crippen molar-refractivity contribution in [2.45, 2.75) is 19.8 Å². The molecule has 5 nitrogen and oxygen atoms in total. The minimum Gasteiger partial charge on any atom is -0.491 e. The predicted molar refractivity (Wildman–Crippen MR) is 77.3 cm³/mol. The van der Waals surface area contributed by atoms with Crippen molar-refractivity contribution in [3.05, 3.63) is 24.0 Å². The van der Waals surface area contributed by atoms with E-state index in [1.165, 1.54) is 6.20 Å². The summed E-state index contributed by atoms with van der Waals surface area (Å²) < 4.78 is 28.4. The molecule has 0 aliphatic heterocycles. The van der Waals surface area contributed by atoms with E-state index in [0.29, 0.717) is 24.2 Å². The number of hydrogen-bond acceptors (Lipinski definition) is 5. The highest BCUT2D eigenvalue weighted by Gasteiger charge is 2.09. The van der Waals surface area contributed by atoms with Crippen LogP contribution in [-0.2, 0) is 9.84 Å². The monoisotopic (exact) mass is 297 g/mol. The van der Waals surface area contributed by atoms with Crippen LogP contribution in [0.25, 0.3) is 0 Å². The zero-order valence-electron chi connectivity index (χ0n) is 11.5. The molecule has 0 unspecified atom stereocenters. The van der Waals surface area contributed by atoms with Gasteiger partial charge in [-0.2, -0.15) is 0 Å². The molecular weight excluding hydrogens is 278 g/mol. The van der Waals surface area contributed by atoms with Crippen molar-refractivity contribution in [3.63, 3.8) is 0 Å². The zero-order chi connectivity index (χ0) is 14.8. The van der Waals surface area contributed by atoms with Gasteiger partial charge in [-0.25, -0.2) is 8.42 Å². The normalized spacial score (nSPS) is 10.7. The molecule has 1 aromatic heterocycles. The topological polar surface area (TPSA) is 76.5 Å². The summed E-state index contributed by atoms with van der Waals surface area (Å²) in [6.45, 7) is 1.96. The molecule has 1 N–H and O–H groups in total. The first-order valence-electron chi connectivity index (χ1n) is 6.45. The van der Waals surface area contributed by atoms with E-state index in [1.54, 1.807) is 12.3 Å². The smallest absolute Gasteiger partial charge is 0.153 e. The molecule has 0 bridgehead atoms. The summed E-state index contributed by atoms with van der Waals surface area (Å²) in [4.78, 5) is 3.98. The van der Waals surface area contributed by atoms with Gasteiger partial charge in [-0.1, -0.05) is 18.8 Å². The van der Waals surface area contributed by atoms with Gasteiger partial charge >= 0.3 is 0 Å². The summed E-state index contributed by atoms with van der Waals surface area (Å²) in [6.07, 6.45) is 4.12. The van der Waals surface area contributed by atoms with Gasteiger partial charge < -0.3 is 9.84 Å². The molecule has 110 valence electrons. The van der Waals surface area contributed by atoms with E-state index in [9.17, 15) is 8.42 Å². The highest BCUT2D eigenvalue weighted by Crippen LogP contribution is 2.10.